The van der Waals surface area contributed by atoms with Crippen LogP contribution in [0, 0.1) is 13.8 Å². The van der Waals surface area contributed by atoms with Gasteiger partial charge in [0.25, 0.3) is 0 Å². The lowest BCUT2D eigenvalue weighted by Gasteiger charge is -2.27. The maximum Gasteiger partial charge on any atom is 0.164 e. The predicted molar refractivity (Wildman–Crippen MR) is 69.1 cm³/mol. The Hall–Kier alpha value is -1.22. The second-order valence-electron chi connectivity index (χ2n) is 4.97. The highest BCUT2D eigenvalue weighted by atomic mass is 16.5. The number of aliphatic hydroxyl groups excluding tert-OH is 1. The molecular weight excluding hydrogens is 216 g/mol. The minimum absolute atomic E-state index is 0.1000. The fourth-order valence-electron chi connectivity index (χ4n) is 2.15. The molecule has 1 aromatic carbocycles. The molecule has 1 N–H and O–H groups in total. The van der Waals surface area contributed by atoms with E-state index in [-0.39, 0.29) is 12.0 Å². The molecule has 0 atom stereocenters. The lowest BCUT2D eigenvalue weighted by Crippen LogP contribution is -2.24. The van der Waals surface area contributed by atoms with Gasteiger partial charge in [0.2, 0.25) is 0 Å². The van der Waals surface area contributed by atoms with Crippen LogP contribution in [0.5, 0.6) is 11.5 Å². The van der Waals surface area contributed by atoms with Gasteiger partial charge in [0.1, 0.15) is 0 Å². The molecule has 0 saturated carbocycles. The Morgan fingerprint density at radius 1 is 1.12 bits per heavy atom. The number of aliphatic hydroxyl groups is 1. The Kier molecular flexibility index (Phi) is 4.04. The largest absolute Gasteiger partial charge is 0.493 e. The molecule has 0 saturated heterocycles. The van der Waals surface area contributed by atoms with Crippen molar-refractivity contribution in [1.29, 1.82) is 0 Å². The van der Waals surface area contributed by atoms with Gasteiger partial charge < -0.3 is 14.6 Å². The van der Waals surface area contributed by atoms with E-state index >= 15 is 0 Å². The highest BCUT2D eigenvalue weighted by molar-refractivity contribution is 5.56. The van der Waals surface area contributed by atoms with Crippen molar-refractivity contribution in [3.8, 4) is 11.5 Å². The summed E-state index contributed by atoms with van der Waals surface area (Å²) < 4.78 is 10.8. The normalized spacial score (nSPS) is 11.5. The molecule has 0 spiro atoms. The number of methoxy groups -OCH3 is 2. The summed E-state index contributed by atoms with van der Waals surface area (Å²) in [6, 6.07) is 2.06. The summed E-state index contributed by atoms with van der Waals surface area (Å²) in [6.45, 7) is 8.11. The van der Waals surface area contributed by atoms with E-state index in [2.05, 4.69) is 6.07 Å². The molecule has 1 rings (SSSR count). The Balaban J connectivity index is 3.51. The maximum atomic E-state index is 9.48. The third-order valence-electron chi connectivity index (χ3n) is 3.20. The molecule has 0 amide bonds. The van der Waals surface area contributed by atoms with Crippen LogP contribution in [0.2, 0.25) is 0 Å². The van der Waals surface area contributed by atoms with E-state index in [1.54, 1.807) is 14.2 Å². The van der Waals surface area contributed by atoms with E-state index in [0.29, 0.717) is 0 Å². The first kappa shape index (κ1) is 13.8. The first-order valence-electron chi connectivity index (χ1n) is 5.72. The monoisotopic (exact) mass is 238 g/mol. The van der Waals surface area contributed by atoms with Crippen LogP contribution < -0.4 is 9.47 Å². The van der Waals surface area contributed by atoms with Crippen LogP contribution in [-0.2, 0) is 5.41 Å². The molecule has 0 heterocycles. The van der Waals surface area contributed by atoms with Crippen molar-refractivity contribution in [3.05, 3.63) is 22.8 Å². The molecule has 0 fully saturated rings. The number of aryl methyl sites for hydroxylation is 1. The van der Waals surface area contributed by atoms with E-state index in [9.17, 15) is 5.11 Å². The van der Waals surface area contributed by atoms with Gasteiger partial charge in [-0.05, 0) is 30.5 Å². The van der Waals surface area contributed by atoms with Gasteiger partial charge in [-0.3, -0.25) is 0 Å². The smallest absolute Gasteiger partial charge is 0.164 e. The minimum atomic E-state index is -0.283. The average molecular weight is 238 g/mol. The number of ether oxygens (including phenoxy) is 2. The zero-order valence-electron chi connectivity index (χ0n) is 11.5. The van der Waals surface area contributed by atoms with E-state index in [4.69, 9.17) is 9.47 Å². The van der Waals surface area contributed by atoms with Crippen molar-refractivity contribution in [2.24, 2.45) is 0 Å². The zero-order chi connectivity index (χ0) is 13.2. The quantitative estimate of drug-likeness (QED) is 0.876. The summed E-state index contributed by atoms with van der Waals surface area (Å²) in [4.78, 5) is 0. The highest BCUT2D eigenvalue weighted by Gasteiger charge is 2.25. The summed E-state index contributed by atoms with van der Waals surface area (Å²) in [7, 11) is 3.28. The van der Waals surface area contributed by atoms with Gasteiger partial charge in [0, 0.05) is 5.41 Å². The lowest BCUT2D eigenvalue weighted by atomic mass is 9.81. The second-order valence-corrected chi connectivity index (χ2v) is 4.97. The Labute approximate surface area is 103 Å². The number of rotatable bonds is 4. The Morgan fingerprint density at radius 3 is 2.06 bits per heavy atom. The van der Waals surface area contributed by atoms with E-state index in [1.807, 2.05) is 27.7 Å². The molecule has 0 unspecified atom stereocenters. The van der Waals surface area contributed by atoms with Crippen molar-refractivity contribution in [2.75, 3.05) is 20.8 Å². The van der Waals surface area contributed by atoms with E-state index in [1.165, 1.54) is 0 Å². The highest BCUT2D eigenvalue weighted by Crippen LogP contribution is 2.40. The SMILES string of the molecule is COc1c(C)cc(C(C)(C)CO)c(C)c1OC. The fourth-order valence-corrected chi connectivity index (χ4v) is 2.15. The molecule has 96 valence electrons. The van der Waals surface area contributed by atoms with Crippen LogP contribution in [0.3, 0.4) is 0 Å². The van der Waals surface area contributed by atoms with Crippen molar-refractivity contribution in [3.63, 3.8) is 0 Å². The molecule has 17 heavy (non-hydrogen) atoms. The van der Waals surface area contributed by atoms with E-state index in [0.717, 1.165) is 28.2 Å². The first-order valence-corrected chi connectivity index (χ1v) is 5.72. The average Bonchev–Trinajstić information content (AvgIpc) is 2.30. The van der Waals surface area contributed by atoms with Crippen molar-refractivity contribution >= 4 is 0 Å². The summed E-state index contributed by atoms with van der Waals surface area (Å²) in [5.41, 5.74) is 2.85. The Morgan fingerprint density at radius 2 is 1.65 bits per heavy atom. The van der Waals surface area contributed by atoms with E-state index < -0.39 is 0 Å². The van der Waals surface area contributed by atoms with Crippen LogP contribution in [0.15, 0.2) is 6.07 Å². The van der Waals surface area contributed by atoms with Gasteiger partial charge in [0.15, 0.2) is 11.5 Å². The van der Waals surface area contributed by atoms with Crippen LogP contribution in [0.25, 0.3) is 0 Å². The summed E-state index contributed by atoms with van der Waals surface area (Å²) >= 11 is 0. The van der Waals surface area contributed by atoms with Crippen LogP contribution >= 0.6 is 0 Å². The van der Waals surface area contributed by atoms with Gasteiger partial charge in [-0.1, -0.05) is 19.9 Å². The molecule has 1 aromatic rings. The Bertz CT molecular complexity index is 408. The van der Waals surface area contributed by atoms with Gasteiger partial charge in [-0.15, -0.1) is 0 Å². The van der Waals surface area contributed by atoms with Gasteiger partial charge in [-0.2, -0.15) is 0 Å². The van der Waals surface area contributed by atoms with Gasteiger partial charge in [-0.25, -0.2) is 0 Å². The molecule has 0 aromatic heterocycles. The summed E-state index contributed by atoms with van der Waals surface area (Å²) in [5, 5.41) is 9.48. The molecule has 0 bridgehead atoms. The molecular formula is C14H22O3. The first-order chi connectivity index (χ1) is 7.88. The fraction of sp³-hybridized carbons (Fsp3) is 0.571. The van der Waals surface area contributed by atoms with Gasteiger partial charge >= 0.3 is 0 Å². The summed E-state index contributed by atoms with van der Waals surface area (Å²) in [6.07, 6.45) is 0. The zero-order valence-corrected chi connectivity index (χ0v) is 11.5. The lowest BCUT2D eigenvalue weighted by molar-refractivity contribution is 0.217. The molecule has 3 heteroatoms. The number of hydrogen-bond acceptors (Lipinski definition) is 3. The standard InChI is InChI=1S/C14H22O3/c1-9-7-11(14(3,4)8-15)10(2)13(17-6)12(9)16-5/h7,15H,8H2,1-6H3. The molecule has 0 aliphatic rings. The maximum absolute atomic E-state index is 9.48. The molecule has 0 radical (unpaired) electrons. The van der Waals surface area contributed by atoms with Crippen LogP contribution in [0.1, 0.15) is 30.5 Å². The number of benzene rings is 1. The van der Waals surface area contributed by atoms with Crippen molar-refractivity contribution in [1.82, 2.24) is 0 Å². The van der Waals surface area contributed by atoms with Gasteiger partial charge in [0.05, 0.1) is 20.8 Å². The molecule has 0 aliphatic carbocycles. The predicted octanol–water partition coefficient (Wildman–Crippen LogP) is 2.59. The third kappa shape index (κ3) is 2.39. The summed E-state index contributed by atoms with van der Waals surface area (Å²) in [5.74, 6) is 1.52. The second kappa shape index (κ2) is 4.96. The minimum Gasteiger partial charge on any atom is -0.493 e. The van der Waals surface area contributed by atoms with Crippen LogP contribution in [0.4, 0.5) is 0 Å². The third-order valence-corrected chi connectivity index (χ3v) is 3.20. The van der Waals surface area contributed by atoms with Crippen LogP contribution in [-0.4, -0.2) is 25.9 Å². The number of hydrogen-bond donors (Lipinski definition) is 1. The van der Waals surface area contributed by atoms with Crippen molar-refractivity contribution in [2.45, 2.75) is 33.1 Å². The molecule has 3 nitrogen and oxygen atoms in total. The molecule has 0 aliphatic heterocycles. The topological polar surface area (TPSA) is 38.7 Å². The van der Waals surface area contributed by atoms with Crippen molar-refractivity contribution < 1.29 is 14.6 Å².